The topological polar surface area (TPSA) is 17.1 Å². The van der Waals surface area contributed by atoms with Gasteiger partial charge in [0.1, 0.15) is 6.29 Å². The van der Waals surface area contributed by atoms with E-state index in [4.69, 9.17) is 0 Å². The monoisotopic (exact) mass is 140 g/mol. The van der Waals surface area contributed by atoms with Crippen LogP contribution < -0.4 is 0 Å². The molecule has 0 radical (unpaired) electrons. The van der Waals surface area contributed by atoms with Gasteiger partial charge in [-0.2, -0.15) is 0 Å². The molecule has 0 aliphatic rings. The molecule has 0 saturated heterocycles. The quantitative estimate of drug-likeness (QED) is 0.247. The predicted octanol–water partition coefficient (Wildman–Crippen LogP) is 1.77. The number of rotatable bonds is 2. The predicted molar refractivity (Wildman–Crippen MR) is 42.1 cm³/mol. The number of allylic oxidation sites excluding steroid dienone is 1. The summed E-state index contributed by atoms with van der Waals surface area (Å²) in [4.78, 5) is 9.77. The van der Waals surface area contributed by atoms with Gasteiger partial charge >= 0.3 is 0 Å². The van der Waals surface area contributed by atoms with E-state index >= 15 is 0 Å². The Morgan fingerprint density at radius 1 is 1.33 bits per heavy atom. The van der Waals surface area contributed by atoms with Gasteiger partial charge < -0.3 is 0 Å². The third-order valence-electron chi connectivity index (χ3n) is 0.681. The van der Waals surface area contributed by atoms with Gasteiger partial charge in [0.15, 0.2) is 0 Å². The van der Waals surface area contributed by atoms with Gasteiger partial charge in [0, 0.05) is 6.08 Å². The fraction of sp³-hybridized carbons (Fsp3) is 0.429. The summed E-state index contributed by atoms with van der Waals surface area (Å²) in [5.41, 5.74) is 4.82. The molecule has 0 aromatic carbocycles. The van der Waals surface area contributed by atoms with E-state index < -0.39 is 8.07 Å². The summed E-state index contributed by atoms with van der Waals surface area (Å²) in [5, 5.41) is 0. The van der Waals surface area contributed by atoms with Crippen molar-refractivity contribution in [3.63, 3.8) is 0 Å². The fourth-order valence-corrected chi connectivity index (χ4v) is 0.934. The molecule has 0 fully saturated rings. The highest BCUT2D eigenvalue weighted by molar-refractivity contribution is 6.80. The van der Waals surface area contributed by atoms with Crippen LogP contribution in [0, 0.1) is 0 Å². The number of hydrogen-bond acceptors (Lipinski definition) is 1. The van der Waals surface area contributed by atoms with Crippen LogP contribution in [0.15, 0.2) is 17.5 Å². The van der Waals surface area contributed by atoms with Crippen LogP contribution in [-0.4, -0.2) is 14.4 Å². The maximum Gasteiger partial charge on any atom is 0.150 e. The van der Waals surface area contributed by atoms with Crippen molar-refractivity contribution in [1.29, 1.82) is 0 Å². The van der Waals surface area contributed by atoms with E-state index in [2.05, 4.69) is 25.4 Å². The summed E-state index contributed by atoms with van der Waals surface area (Å²) in [6.07, 6.45) is 2.15. The number of carbonyl (C=O) groups is 1. The molecule has 0 N–H and O–H groups in total. The minimum absolute atomic E-state index is 0.747. The summed E-state index contributed by atoms with van der Waals surface area (Å²) < 4.78 is 0. The second-order valence-corrected chi connectivity index (χ2v) is 8.00. The standard InChI is InChI=1S/C7H12OSi/c1-9(2,3)7-5-4-6-8/h4,6-7H,1-3H3. The van der Waals surface area contributed by atoms with Gasteiger partial charge in [-0.05, 0) is 0 Å². The van der Waals surface area contributed by atoms with Gasteiger partial charge in [0.05, 0.1) is 8.07 Å². The Morgan fingerprint density at radius 3 is 2.22 bits per heavy atom. The van der Waals surface area contributed by atoms with Crippen molar-refractivity contribution >= 4 is 14.4 Å². The van der Waals surface area contributed by atoms with E-state index in [9.17, 15) is 4.79 Å². The molecule has 0 unspecified atom stereocenters. The van der Waals surface area contributed by atoms with Crippen LogP contribution in [0.4, 0.5) is 0 Å². The molecule has 0 rings (SSSR count). The van der Waals surface area contributed by atoms with Crippen LogP contribution in [0.5, 0.6) is 0 Å². The lowest BCUT2D eigenvalue weighted by Crippen LogP contribution is -2.14. The van der Waals surface area contributed by atoms with Crippen LogP contribution in [-0.2, 0) is 4.79 Å². The second kappa shape index (κ2) is 3.44. The minimum Gasteiger partial charge on any atom is -0.298 e. The number of hydrogen-bond donors (Lipinski definition) is 0. The zero-order valence-electron chi connectivity index (χ0n) is 6.14. The lowest BCUT2D eigenvalue weighted by Gasteiger charge is -2.04. The van der Waals surface area contributed by atoms with Crippen molar-refractivity contribution in [2.45, 2.75) is 19.6 Å². The largest absolute Gasteiger partial charge is 0.298 e. The maximum atomic E-state index is 9.77. The normalized spacial score (nSPS) is 9.67. The van der Waals surface area contributed by atoms with Crippen molar-refractivity contribution in [2.75, 3.05) is 0 Å². The van der Waals surface area contributed by atoms with Crippen LogP contribution >= 0.6 is 0 Å². The zero-order chi connectivity index (χ0) is 7.33. The van der Waals surface area contributed by atoms with Gasteiger partial charge in [-0.25, -0.2) is 0 Å². The molecule has 9 heavy (non-hydrogen) atoms. The molecule has 0 aliphatic heterocycles. The van der Waals surface area contributed by atoms with Crippen molar-refractivity contribution in [2.24, 2.45) is 0 Å². The van der Waals surface area contributed by atoms with Crippen LogP contribution in [0.2, 0.25) is 19.6 Å². The van der Waals surface area contributed by atoms with E-state index in [0.29, 0.717) is 0 Å². The molecule has 0 bridgehead atoms. The van der Waals surface area contributed by atoms with Gasteiger partial charge in [0.2, 0.25) is 0 Å². The highest BCUT2D eigenvalue weighted by Crippen LogP contribution is 1.99. The smallest absolute Gasteiger partial charge is 0.150 e. The average Bonchev–Trinajstić information content (AvgIpc) is 1.63. The molecule has 1 nitrogen and oxygen atoms in total. The third-order valence-corrected chi connectivity index (χ3v) is 1.71. The van der Waals surface area contributed by atoms with Crippen LogP contribution in [0.3, 0.4) is 0 Å². The Labute approximate surface area is 57.1 Å². The van der Waals surface area contributed by atoms with E-state index in [1.165, 1.54) is 6.08 Å². The van der Waals surface area contributed by atoms with Crippen molar-refractivity contribution in [3.05, 3.63) is 17.5 Å². The summed E-state index contributed by atoms with van der Waals surface area (Å²) >= 11 is 0. The molecule has 50 valence electrons. The van der Waals surface area contributed by atoms with Gasteiger partial charge in [-0.3, -0.25) is 4.79 Å². The Hall–Kier alpha value is -0.593. The Morgan fingerprint density at radius 2 is 1.89 bits per heavy atom. The third kappa shape index (κ3) is 7.41. The SMILES string of the molecule is C[Si](C)(C)C=C=CC=O. The Balaban J connectivity index is 3.99. The molecule has 0 saturated carbocycles. The number of aldehydes is 1. The minimum atomic E-state index is -1.12. The molecule has 0 spiro atoms. The molecule has 0 atom stereocenters. The summed E-state index contributed by atoms with van der Waals surface area (Å²) in [6, 6.07) is 0. The highest BCUT2D eigenvalue weighted by atomic mass is 28.3. The Bertz CT molecular complexity index is 147. The number of carbonyl (C=O) groups excluding carboxylic acids is 1. The summed E-state index contributed by atoms with van der Waals surface area (Å²) in [5.74, 6) is 0. The van der Waals surface area contributed by atoms with Crippen molar-refractivity contribution in [1.82, 2.24) is 0 Å². The maximum absolute atomic E-state index is 9.77. The molecular weight excluding hydrogens is 128 g/mol. The van der Waals surface area contributed by atoms with E-state index in [0.717, 1.165) is 6.29 Å². The first-order valence-electron chi connectivity index (χ1n) is 2.94. The summed E-state index contributed by atoms with van der Waals surface area (Å²) in [6.45, 7) is 6.58. The van der Waals surface area contributed by atoms with Gasteiger partial charge in [-0.15, -0.1) is 5.73 Å². The Kier molecular flexibility index (Phi) is 3.21. The van der Waals surface area contributed by atoms with Crippen LogP contribution in [0.1, 0.15) is 0 Å². The molecule has 2 heteroatoms. The molecule has 0 aromatic heterocycles. The van der Waals surface area contributed by atoms with E-state index in [1.54, 1.807) is 0 Å². The lowest BCUT2D eigenvalue weighted by atomic mass is 10.7. The molecule has 0 amide bonds. The lowest BCUT2D eigenvalue weighted by molar-refractivity contribution is -0.104. The van der Waals surface area contributed by atoms with Crippen molar-refractivity contribution < 1.29 is 4.79 Å². The molecule has 0 aliphatic carbocycles. The second-order valence-electron chi connectivity index (χ2n) is 2.98. The van der Waals surface area contributed by atoms with Gasteiger partial charge in [-0.1, -0.05) is 25.3 Å². The van der Waals surface area contributed by atoms with Crippen molar-refractivity contribution in [3.8, 4) is 0 Å². The van der Waals surface area contributed by atoms with Crippen LogP contribution in [0.25, 0.3) is 0 Å². The molecule has 0 aromatic rings. The average molecular weight is 140 g/mol. The first-order chi connectivity index (χ1) is 4.06. The highest BCUT2D eigenvalue weighted by Gasteiger charge is 2.05. The first kappa shape index (κ1) is 8.41. The molecular formula is C7H12OSi. The molecule has 0 heterocycles. The van der Waals surface area contributed by atoms with E-state index in [1.807, 2.05) is 5.70 Å². The fourth-order valence-electron chi connectivity index (χ4n) is 0.337. The summed E-state index contributed by atoms with van der Waals surface area (Å²) in [7, 11) is -1.12. The zero-order valence-corrected chi connectivity index (χ0v) is 7.14. The first-order valence-corrected chi connectivity index (χ1v) is 6.51. The van der Waals surface area contributed by atoms with Gasteiger partial charge in [0.25, 0.3) is 0 Å². The van der Waals surface area contributed by atoms with E-state index in [-0.39, 0.29) is 0 Å².